The van der Waals surface area contributed by atoms with E-state index in [1.54, 1.807) is 23.1 Å². The van der Waals surface area contributed by atoms with Gasteiger partial charge in [0.25, 0.3) is 5.56 Å². The van der Waals surface area contributed by atoms with Gasteiger partial charge in [0, 0.05) is 4.88 Å². The van der Waals surface area contributed by atoms with E-state index >= 15 is 0 Å². The Balaban J connectivity index is 1.51. The van der Waals surface area contributed by atoms with Gasteiger partial charge in [-0.15, -0.1) is 23.1 Å². The second kappa shape index (κ2) is 6.07. The van der Waals surface area contributed by atoms with E-state index < -0.39 is 0 Å². The van der Waals surface area contributed by atoms with Gasteiger partial charge in [-0.1, -0.05) is 12.1 Å². The highest BCUT2D eigenvalue weighted by molar-refractivity contribution is 7.97. The number of nitrogens with one attached hydrogen (secondary N) is 1. The van der Waals surface area contributed by atoms with E-state index in [2.05, 4.69) is 15.0 Å². The number of hydrogen-bond donors (Lipinski definition) is 1. The SMILES string of the molecule is Cc1sc2nc(CSCc3nc4ccccc4o3)[nH]c(=O)c2c1C. The van der Waals surface area contributed by atoms with Gasteiger partial charge in [0.2, 0.25) is 5.89 Å². The molecule has 3 heterocycles. The number of rotatable bonds is 4. The lowest BCUT2D eigenvalue weighted by Crippen LogP contribution is -2.10. The maximum atomic E-state index is 12.3. The molecule has 0 unspecified atom stereocenters. The summed E-state index contributed by atoms with van der Waals surface area (Å²) in [6, 6.07) is 7.71. The van der Waals surface area contributed by atoms with Crippen molar-refractivity contribution in [2.75, 3.05) is 0 Å². The van der Waals surface area contributed by atoms with E-state index in [0.717, 1.165) is 26.4 Å². The topological polar surface area (TPSA) is 71.8 Å². The molecule has 0 atom stereocenters. The number of nitrogens with zero attached hydrogens (tertiary/aromatic N) is 2. The molecule has 0 radical (unpaired) electrons. The molecule has 0 bridgehead atoms. The van der Waals surface area contributed by atoms with Crippen LogP contribution < -0.4 is 5.56 Å². The fourth-order valence-electron chi connectivity index (χ4n) is 2.58. The lowest BCUT2D eigenvalue weighted by molar-refractivity contribution is 0.556. The summed E-state index contributed by atoms with van der Waals surface area (Å²) in [4.78, 5) is 26.1. The van der Waals surface area contributed by atoms with Gasteiger partial charge in [0.05, 0.1) is 16.9 Å². The Kier molecular flexibility index (Phi) is 3.90. The van der Waals surface area contributed by atoms with Crippen LogP contribution in [0.2, 0.25) is 0 Å². The van der Waals surface area contributed by atoms with Crippen molar-refractivity contribution in [2.45, 2.75) is 25.4 Å². The largest absolute Gasteiger partial charge is 0.440 e. The first-order chi connectivity index (χ1) is 11.6. The molecule has 4 aromatic rings. The van der Waals surface area contributed by atoms with Crippen molar-refractivity contribution in [3.63, 3.8) is 0 Å². The average Bonchev–Trinajstić information content (AvgIpc) is 3.08. The molecule has 0 saturated heterocycles. The Morgan fingerprint density at radius 1 is 1.21 bits per heavy atom. The van der Waals surface area contributed by atoms with Gasteiger partial charge in [0.1, 0.15) is 16.2 Å². The number of benzene rings is 1. The predicted molar refractivity (Wildman–Crippen MR) is 98.7 cm³/mol. The van der Waals surface area contributed by atoms with E-state index in [-0.39, 0.29) is 5.56 Å². The van der Waals surface area contributed by atoms with Crippen molar-refractivity contribution in [1.29, 1.82) is 0 Å². The van der Waals surface area contributed by atoms with E-state index in [1.165, 1.54) is 0 Å². The molecule has 5 nitrogen and oxygen atoms in total. The molecule has 0 fully saturated rings. The number of hydrogen-bond acceptors (Lipinski definition) is 6. The van der Waals surface area contributed by atoms with E-state index in [0.29, 0.717) is 28.6 Å². The Bertz CT molecular complexity index is 1060. The molecule has 122 valence electrons. The highest BCUT2D eigenvalue weighted by Crippen LogP contribution is 2.26. The van der Waals surface area contributed by atoms with Crippen LogP contribution in [0.4, 0.5) is 0 Å². The number of H-pyrrole nitrogens is 1. The standard InChI is InChI=1S/C17H15N3O2S2/c1-9-10(2)24-17-15(9)16(21)19-13(20-17)7-23-8-14-18-11-5-3-4-6-12(11)22-14/h3-6H,7-8H2,1-2H3,(H,19,20,21). The Morgan fingerprint density at radius 3 is 2.88 bits per heavy atom. The van der Waals surface area contributed by atoms with Crippen molar-refractivity contribution in [3.8, 4) is 0 Å². The third-order valence-electron chi connectivity index (χ3n) is 3.89. The molecule has 0 saturated carbocycles. The summed E-state index contributed by atoms with van der Waals surface area (Å²) in [5, 5.41) is 0.713. The minimum atomic E-state index is -0.0562. The van der Waals surface area contributed by atoms with Crippen LogP contribution in [0.15, 0.2) is 33.5 Å². The van der Waals surface area contributed by atoms with E-state index in [1.807, 2.05) is 38.1 Å². The van der Waals surface area contributed by atoms with Crippen molar-refractivity contribution >= 4 is 44.4 Å². The monoisotopic (exact) mass is 357 g/mol. The second-order valence-corrected chi connectivity index (χ2v) is 7.73. The molecule has 1 N–H and O–H groups in total. The average molecular weight is 357 g/mol. The third-order valence-corrected chi connectivity index (χ3v) is 5.92. The molecule has 7 heteroatoms. The van der Waals surface area contributed by atoms with Gasteiger partial charge >= 0.3 is 0 Å². The lowest BCUT2D eigenvalue weighted by Gasteiger charge is -2.00. The number of oxazole rings is 1. The summed E-state index contributed by atoms with van der Waals surface area (Å²) in [6.07, 6.45) is 0. The Morgan fingerprint density at radius 2 is 2.04 bits per heavy atom. The van der Waals surface area contributed by atoms with Crippen molar-refractivity contribution in [3.05, 3.63) is 56.8 Å². The molecule has 1 aromatic carbocycles. The summed E-state index contributed by atoms with van der Waals surface area (Å²) in [7, 11) is 0. The molecule has 0 amide bonds. The number of thioether (sulfide) groups is 1. The van der Waals surface area contributed by atoms with E-state index in [4.69, 9.17) is 4.42 Å². The van der Waals surface area contributed by atoms with Gasteiger partial charge in [-0.25, -0.2) is 9.97 Å². The highest BCUT2D eigenvalue weighted by atomic mass is 32.2. The molecular weight excluding hydrogens is 342 g/mol. The summed E-state index contributed by atoms with van der Waals surface area (Å²) < 4.78 is 5.70. The molecule has 0 spiro atoms. The fourth-order valence-corrected chi connectivity index (χ4v) is 4.36. The molecular formula is C17H15N3O2S2. The maximum Gasteiger partial charge on any atom is 0.259 e. The summed E-state index contributed by atoms with van der Waals surface area (Å²) in [5.74, 6) is 2.63. The lowest BCUT2D eigenvalue weighted by atomic mass is 10.2. The Labute approximate surface area is 146 Å². The first kappa shape index (κ1) is 15.4. The number of para-hydroxylation sites is 2. The van der Waals surface area contributed by atoms with Gasteiger partial charge in [-0.05, 0) is 31.5 Å². The molecule has 4 rings (SSSR count). The van der Waals surface area contributed by atoms with Crippen LogP contribution in [0.1, 0.15) is 22.2 Å². The number of fused-ring (bicyclic) bond motifs is 2. The second-order valence-electron chi connectivity index (χ2n) is 5.54. The maximum absolute atomic E-state index is 12.3. The third kappa shape index (κ3) is 2.74. The summed E-state index contributed by atoms with van der Waals surface area (Å²) >= 11 is 3.19. The first-order valence-corrected chi connectivity index (χ1v) is 9.50. The molecule has 0 aliphatic carbocycles. The van der Waals surface area contributed by atoms with Crippen LogP contribution in [0.25, 0.3) is 21.3 Å². The van der Waals surface area contributed by atoms with Crippen LogP contribution in [-0.4, -0.2) is 15.0 Å². The van der Waals surface area contributed by atoms with Gasteiger partial charge in [-0.3, -0.25) is 4.79 Å². The number of thiophene rings is 1. The quantitative estimate of drug-likeness (QED) is 0.593. The minimum Gasteiger partial charge on any atom is -0.440 e. The molecule has 0 aliphatic rings. The van der Waals surface area contributed by atoms with Crippen LogP contribution in [-0.2, 0) is 11.5 Å². The molecule has 3 aromatic heterocycles. The zero-order valence-corrected chi connectivity index (χ0v) is 14.9. The van der Waals surface area contributed by atoms with Gasteiger partial charge in [-0.2, -0.15) is 0 Å². The van der Waals surface area contributed by atoms with Crippen molar-refractivity contribution in [2.24, 2.45) is 0 Å². The smallest absolute Gasteiger partial charge is 0.259 e. The zero-order chi connectivity index (χ0) is 16.7. The zero-order valence-electron chi connectivity index (χ0n) is 13.3. The number of aryl methyl sites for hydroxylation is 2. The predicted octanol–water partition coefficient (Wildman–Crippen LogP) is 4.18. The van der Waals surface area contributed by atoms with Crippen LogP contribution in [0.5, 0.6) is 0 Å². The first-order valence-electron chi connectivity index (χ1n) is 7.53. The van der Waals surface area contributed by atoms with Gasteiger partial charge in [0.15, 0.2) is 5.58 Å². The normalized spacial score (nSPS) is 11.6. The van der Waals surface area contributed by atoms with E-state index in [9.17, 15) is 4.79 Å². The highest BCUT2D eigenvalue weighted by Gasteiger charge is 2.12. The Hall–Kier alpha value is -2.12. The summed E-state index contributed by atoms with van der Waals surface area (Å²) in [6.45, 7) is 3.98. The molecule has 24 heavy (non-hydrogen) atoms. The number of aromatic nitrogens is 3. The van der Waals surface area contributed by atoms with Crippen molar-refractivity contribution < 1.29 is 4.42 Å². The summed E-state index contributed by atoms with van der Waals surface area (Å²) in [5.41, 5.74) is 2.63. The van der Waals surface area contributed by atoms with Gasteiger partial charge < -0.3 is 9.40 Å². The minimum absolute atomic E-state index is 0.0562. The van der Waals surface area contributed by atoms with Crippen LogP contribution >= 0.6 is 23.1 Å². The van der Waals surface area contributed by atoms with Crippen molar-refractivity contribution in [1.82, 2.24) is 15.0 Å². The van der Waals surface area contributed by atoms with Crippen LogP contribution in [0, 0.1) is 13.8 Å². The fraction of sp³-hybridized carbons (Fsp3) is 0.235. The number of aromatic amines is 1. The van der Waals surface area contributed by atoms with Crippen LogP contribution in [0.3, 0.4) is 0 Å². The molecule has 0 aliphatic heterocycles.